The first-order valence-corrected chi connectivity index (χ1v) is 10.3. The molecule has 6 heteroatoms. The van der Waals surface area contributed by atoms with E-state index in [0.29, 0.717) is 18.1 Å². The van der Waals surface area contributed by atoms with E-state index in [4.69, 9.17) is 9.47 Å². The van der Waals surface area contributed by atoms with Crippen LogP contribution in [0, 0.1) is 13.8 Å². The summed E-state index contributed by atoms with van der Waals surface area (Å²) in [6.45, 7) is 4.30. The molecule has 1 amide bonds. The Morgan fingerprint density at radius 2 is 1.73 bits per heavy atom. The smallest absolute Gasteiger partial charge is 0.277 e. The Morgan fingerprint density at radius 3 is 2.47 bits per heavy atom. The van der Waals surface area contributed by atoms with Crippen LogP contribution in [0.2, 0.25) is 0 Å². The quantitative estimate of drug-likeness (QED) is 0.367. The van der Waals surface area contributed by atoms with Gasteiger partial charge in [-0.3, -0.25) is 4.79 Å². The zero-order valence-corrected chi connectivity index (χ0v) is 18.5. The minimum Gasteiger partial charge on any atom is -0.488 e. The number of nitrogens with zero attached hydrogens (tertiary/aromatic N) is 1. The molecule has 0 fully saturated rings. The third kappa shape index (κ3) is 6.74. The molecule has 3 aromatic carbocycles. The maximum Gasteiger partial charge on any atom is 0.277 e. The highest BCUT2D eigenvalue weighted by molar-refractivity contribution is 9.10. The molecule has 0 bridgehead atoms. The molecule has 5 nitrogen and oxygen atoms in total. The van der Waals surface area contributed by atoms with Gasteiger partial charge in [0.15, 0.2) is 6.61 Å². The van der Waals surface area contributed by atoms with Crippen LogP contribution in [0.15, 0.2) is 76.3 Å². The second-order valence-corrected chi connectivity index (χ2v) is 7.78. The summed E-state index contributed by atoms with van der Waals surface area (Å²) in [5.41, 5.74) is 6.47. The number of carbonyl (C=O) groups is 1. The van der Waals surface area contributed by atoms with Crippen LogP contribution >= 0.6 is 15.9 Å². The van der Waals surface area contributed by atoms with Gasteiger partial charge >= 0.3 is 0 Å². The summed E-state index contributed by atoms with van der Waals surface area (Å²) in [4.78, 5) is 12.0. The summed E-state index contributed by atoms with van der Waals surface area (Å²) in [5.74, 6) is 0.994. The van der Waals surface area contributed by atoms with Crippen molar-refractivity contribution in [3.05, 3.63) is 93.5 Å². The number of aryl methyl sites for hydroxylation is 2. The average molecular weight is 467 g/mol. The van der Waals surface area contributed by atoms with Crippen LogP contribution in [0.5, 0.6) is 11.5 Å². The van der Waals surface area contributed by atoms with Crippen LogP contribution in [0.3, 0.4) is 0 Å². The minimum atomic E-state index is -0.341. The third-order valence-corrected chi connectivity index (χ3v) is 4.66. The van der Waals surface area contributed by atoms with Gasteiger partial charge in [-0.2, -0.15) is 5.10 Å². The predicted molar refractivity (Wildman–Crippen MR) is 122 cm³/mol. The Hall–Kier alpha value is -3.12. The van der Waals surface area contributed by atoms with Crippen molar-refractivity contribution < 1.29 is 14.3 Å². The fraction of sp³-hybridized carbons (Fsp3) is 0.167. The molecule has 1 N–H and O–H groups in total. The zero-order chi connectivity index (χ0) is 21.3. The lowest BCUT2D eigenvalue weighted by Crippen LogP contribution is -2.24. The summed E-state index contributed by atoms with van der Waals surface area (Å²) in [6.07, 6.45) is 1.56. The summed E-state index contributed by atoms with van der Waals surface area (Å²) in [7, 11) is 0. The number of amides is 1. The molecule has 0 spiro atoms. The van der Waals surface area contributed by atoms with Crippen LogP contribution in [0.25, 0.3) is 0 Å². The molecule has 0 atom stereocenters. The molecule has 0 radical (unpaired) electrons. The fourth-order valence-corrected chi connectivity index (χ4v) is 3.24. The number of hydrogen-bond acceptors (Lipinski definition) is 4. The van der Waals surface area contributed by atoms with Crippen LogP contribution in [0.1, 0.15) is 22.3 Å². The molecule has 3 rings (SSSR count). The van der Waals surface area contributed by atoms with Gasteiger partial charge in [-0.25, -0.2) is 5.43 Å². The third-order valence-electron chi connectivity index (χ3n) is 4.17. The first-order valence-electron chi connectivity index (χ1n) is 9.49. The molecule has 0 saturated carbocycles. The SMILES string of the molecule is Cc1cc(C)cc(OCC(=O)N/N=C/c2cc(Br)ccc2OCc2ccccc2)c1. The normalized spacial score (nSPS) is 10.8. The number of hydrazone groups is 1. The second-order valence-electron chi connectivity index (χ2n) is 6.86. The number of halogens is 1. The van der Waals surface area contributed by atoms with E-state index < -0.39 is 0 Å². The van der Waals surface area contributed by atoms with Crippen molar-refractivity contribution in [2.45, 2.75) is 20.5 Å². The molecule has 3 aromatic rings. The number of ether oxygens (including phenoxy) is 2. The van der Waals surface area contributed by atoms with Gasteiger partial charge < -0.3 is 9.47 Å². The maximum atomic E-state index is 12.0. The van der Waals surface area contributed by atoms with Crippen molar-refractivity contribution in [2.24, 2.45) is 5.10 Å². The van der Waals surface area contributed by atoms with Crippen LogP contribution in [0.4, 0.5) is 0 Å². The maximum absolute atomic E-state index is 12.0. The minimum absolute atomic E-state index is 0.115. The van der Waals surface area contributed by atoms with E-state index in [1.807, 2.05) is 80.6 Å². The average Bonchev–Trinajstić information content (AvgIpc) is 2.72. The van der Waals surface area contributed by atoms with Gasteiger partial charge in [-0.1, -0.05) is 52.3 Å². The molecule has 0 saturated heterocycles. The van der Waals surface area contributed by atoms with Gasteiger partial charge in [0, 0.05) is 10.0 Å². The summed E-state index contributed by atoms with van der Waals surface area (Å²) in [5, 5.41) is 4.04. The predicted octanol–water partition coefficient (Wildman–Crippen LogP) is 5.17. The van der Waals surface area contributed by atoms with Gasteiger partial charge in [0.25, 0.3) is 5.91 Å². The topological polar surface area (TPSA) is 59.9 Å². The molecule has 0 aliphatic heterocycles. The van der Waals surface area contributed by atoms with Crippen LogP contribution in [-0.2, 0) is 11.4 Å². The van der Waals surface area contributed by atoms with Crippen LogP contribution < -0.4 is 14.9 Å². The van der Waals surface area contributed by atoms with Crippen molar-refractivity contribution in [2.75, 3.05) is 6.61 Å². The summed E-state index contributed by atoms with van der Waals surface area (Å²) in [6, 6.07) is 21.4. The van der Waals surface area contributed by atoms with E-state index in [9.17, 15) is 4.79 Å². The van der Waals surface area contributed by atoms with E-state index >= 15 is 0 Å². The summed E-state index contributed by atoms with van der Waals surface area (Å²) < 4.78 is 12.3. The van der Waals surface area contributed by atoms with Crippen molar-refractivity contribution in [1.29, 1.82) is 0 Å². The van der Waals surface area contributed by atoms with Crippen LogP contribution in [-0.4, -0.2) is 18.7 Å². The van der Waals surface area contributed by atoms with Crippen molar-refractivity contribution >= 4 is 28.1 Å². The monoisotopic (exact) mass is 466 g/mol. The largest absolute Gasteiger partial charge is 0.488 e. The molecule has 0 aliphatic rings. The first kappa shape index (κ1) is 21.6. The number of benzene rings is 3. The zero-order valence-electron chi connectivity index (χ0n) is 16.9. The van der Waals surface area contributed by atoms with Gasteiger partial charge in [-0.15, -0.1) is 0 Å². The molecule has 30 heavy (non-hydrogen) atoms. The van der Waals surface area contributed by atoms with Crippen molar-refractivity contribution in [3.8, 4) is 11.5 Å². The molecular weight excluding hydrogens is 444 g/mol. The Morgan fingerprint density at radius 1 is 1.00 bits per heavy atom. The lowest BCUT2D eigenvalue weighted by Gasteiger charge is -2.10. The Kier molecular flexibility index (Phi) is 7.63. The Bertz CT molecular complexity index is 1020. The van der Waals surface area contributed by atoms with E-state index in [1.165, 1.54) is 0 Å². The van der Waals surface area contributed by atoms with E-state index in [1.54, 1.807) is 6.21 Å². The molecule has 0 unspecified atom stereocenters. The highest BCUT2D eigenvalue weighted by atomic mass is 79.9. The fourth-order valence-electron chi connectivity index (χ4n) is 2.86. The Balaban J connectivity index is 1.56. The number of carbonyl (C=O) groups excluding carboxylic acids is 1. The van der Waals surface area contributed by atoms with E-state index in [-0.39, 0.29) is 12.5 Å². The molecule has 0 aromatic heterocycles. The number of rotatable bonds is 8. The highest BCUT2D eigenvalue weighted by Gasteiger charge is 2.05. The standard InChI is InChI=1S/C24H23BrN2O3/c1-17-10-18(2)12-22(11-17)29-16-24(28)27-26-14-20-13-21(25)8-9-23(20)30-15-19-6-4-3-5-7-19/h3-14H,15-16H2,1-2H3,(H,27,28)/b26-14+. The number of nitrogens with one attached hydrogen (secondary N) is 1. The number of hydrogen-bond donors (Lipinski definition) is 1. The molecule has 0 heterocycles. The van der Waals surface area contributed by atoms with Gasteiger partial charge in [0.05, 0.1) is 6.21 Å². The lowest BCUT2D eigenvalue weighted by atomic mass is 10.1. The molecule has 154 valence electrons. The molecule has 0 aliphatic carbocycles. The van der Waals surface area contributed by atoms with Gasteiger partial charge in [0.1, 0.15) is 18.1 Å². The summed E-state index contributed by atoms with van der Waals surface area (Å²) >= 11 is 3.45. The van der Waals surface area contributed by atoms with Gasteiger partial charge in [0.2, 0.25) is 0 Å². The molecular formula is C24H23BrN2O3. The van der Waals surface area contributed by atoms with E-state index in [2.05, 4.69) is 26.5 Å². The highest BCUT2D eigenvalue weighted by Crippen LogP contribution is 2.23. The lowest BCUT2D eigenvalue weighted by molar-refractivity contribution is -0.123. The first-order chi connectivity index (χ1) is 14.5. The second kappa shape index (κ2) is 10.6. The van der Waals surface area contributed by atoms with E-state index in [0.717, 1.165) is 26.7 Å². The Labute approximate surface area is 184 Å². The van der Waals surface area contributed by atoms with Crippen molar-refractivity contribution in [1.82, 2.24) is 5.43 Å². The van der Waals surface area contributed by atoms with Gasteiger partial charge in [-0.05, 0) is 60.9 Å². The van der Waals surface area contributed by atoms with Crippen molar-refractivity contribution in [3.63, 3.8) is 0 Å².